The van der Waals surface area contributed by atoms with Gasteiger partial charge in [0.25, 0.3) is 0 Å². The van der Waals surface area contributed by atoms with Crippen LogP contribution in [0.25, 0.3) is 6.08 Å². The molecule has 3 aliphatic rings. The van der Waals surface area contributed by atoms with E-state index in [2.05, 4.69) is 5.32 Å². The SMILES string of the molecule is CC(=O)[C@@H]1[C@H](C(=O)c2ccc(C)cc2)[C@@]2(C(=O)Nc3ccccc32)[C@H]2C=Cc3cc(Cl)ccc3N12. The van der Waals surface area contributed by atoms with Crippen molar-refractivity contribution in [3.8, 4) is 0 Å². The molecule has 174 valence electrons. The molecule has 1 N–H and O–H groups in total. The van der Waals surface area contributed by atoms with Crippen molar-refractivity contribution in [3.63, 3.8) is 0 Å². The lowest BCUT2D eigenvalue weighted by Crippen LogP contribution is -2.51. The van der Waals surface area contributed by atoms with E-state index in [9.17, 15) is 14.4 Å². The minimum atomic E-state index is -1.26. The van der Waals surface area contributed by atoms with Crippen LogP contribution in [-0.2, 0) is 15.0 Å². The largest absolute Gasteiger partial charge is 0.352 e. The molecule has 6 rings (SSSR count). The van der Waals surface area contributed by atoms with Crippen molar-refractivity contribution in [2.24, 2.45) is 5.92 Å². The highest BCUT2D eigenvalue weighted by Crippen LogP contribution is 2.57. The Morgan fingerprint density at radius 3 is 2.51 bits per heavy atom. The molecule has 3 aliphatic heterocycles. The molecule has 3 heterocycles. The molecule has 1 amide bonds. The minimum absolute atomic E-state index is 0.161. The number of anilines is 2. The van der Waals surface area contributed by atoms with Crippen molar-refractivity contribution < 1.29 is 14.4 Å². The molecule has 35 heavy (non-hydrogen) atoms. The highest BCUT2D eigenvalue weighted by atomic mass is 35.5. The number of hydrogen-bond acceptors (Lipinski definition) is 4. The zero-order valence-electron chi connectivity index (χ0n) is 19.3. The molecule has 4 atom stereocenters. The molecule has 0 saturated carbocycles. The van der Waals surface area contributed by atoms with Gasteiger partial charge in [-0.3, -0.25) is 14.4 Å². The quantitative estimate of drug-likeness (QED) is 0.520. The van der Waals surface area contributed by atoms with E-state index in [1.807, 2.05) is 72.5 Å². The fraction of sp³-hybridized carbons (Fsp3) is 0.207. The highest BCUT2D eigenvalue weighted by molar-refractivity contribution is 6.31. The van der Waals surface area contributed by atoms with Crippen LogP contribution in [0.3, 0.4) is 0 Å². The van der Waals surface area contributed by atoms with Crippen LogP contribution >= 0.6 is 11.6 Å². The van der Waals surface area contributed by atoms with Crippen LogP contribution in [0.5, 0.6) is 0 Å². The van der Waals surface area contributed by atoms with Crippen LogP contribution < -0.4 is 10.2 Å². The van der Waals surface area contributed by atoms with E-state index in [-0.39, 0.29) is 17.5 Å². The van der Waals surface area contributed by atoms with Gasteiger partial charge in [0.1, 0.15) is 5.41 Å². The normalized spacial score (nSPS) is 25.7. The molecule has 0 aromatic heterocycles. The van der Waals surface area contributed by atoms with E-state index >= 15 is 0 Å². The number of halogens is 1. The summed E-state index contributed by atoms with van der Waals surface area (Å²) in [5.41, 5.74) is 3.32. The molecule has 0 unspecified atom stereocenters. The Hall–Kier alpha value is -3.70. The standard InChI is InChI=1S/C29H23ClN2O3/c1-16-7-9-18(10-8-16)27(34)25-26(17(2)33)32-23-13-12-20(30)15-19(23)11-14-24(32)29(25)21-5-3-4-6-22(21)31-28(29)35/h3-15,24-26H,1-2H3,(H,31,35)/t24-,25-,26-,29+/m1/s1. The van der Waals surface area contributed by atoms with Crippen LogP contribution in [-0.4, -0.2) is 29.6 Å². The summed E-state index contributed by atoms with van der Waals surface area (Å²) < 4.78 is 0. The second-order valence-corrected chi connectivity index (χ2v) is 9.98. The van der Waals surface area contributed by atoms with Crippen LogP contribution in [0.2, 0.25) is 5.02 Å². The number of Topliss-reactive ketones (excluding diaryl/α,β-unsaturated/α-hetero) is 2. The van der Waals surface area contributed by atoms with E-state index in [0.29, 0.717) is 16.3 Å². The minimum Gasteiger partial charge on any atom is -0.352 e. The number of hydrogen-bond donors (Lipinski definition) is 1. The maximum Gasteiger partial charge on any atom is 0.238 e. The first-order valence-electron chi connectivity index (χ1n) is 11.6. The van der Waals surface area contributed by atoms with E-state index in [0.717, 1.165) is 22.4 Å². The van der Waals surface area contributed by atoms with Gasteiger partial charge in [0.2, 0.25) is 5.91 Å². The van der Waals surface area contributed by atoms with Crippen molar-refractivity contribution >= 4 is 46.5 Å². The number of aryl methyl sites for hydroxylation is 1. The number of rotatable bonds is 3. The van der Waals surface area contributed by atoms with Gasteiger partial charge in [-0.1, -0.05) is 71.8 Å². The van der Waals surface area contributed by atoms with Crippen LogP contribution in [0.1, 0.15) is 34.0 Å². The number of nitrogens with zero attached hydrogens (tertiary/aromatic N) is 1. The van der Waals surface area contributed by atoms with Gasteiger partial charge in [0.05, 0.1) is 18.0 Å². The average molecular weight is 483 g/mol. The third-order valence-electron chi connectivity index (χ3n) is 7.63. The molecule has 1 spiro atoms. The molecule has 0 radical (unpaired) electrons. The lowest BCUT2D eigenvalue weighted by Gasteiger charge is -2.37. The Morgan fingerprint density at radius 2 is 1.77 bits per heavy atom. The maximum atomic E-state index is 14.3. The number of carbonyl (C=O) groups excluding carboxylic acids is 3. The zero-order valence-corrected chi connectivity index (χ0v) is 20.0. The Bertz CT molecular complexity index is 1440. The number of carbonyl (C=O) groups is 3. The Kier molecular flexibility index (Phi) is 4.77. The van der Waals surface area contributed by atoms with Gasteiger partial charge in [0.15, 0.2) is 11.6 Å². The summed E-state index contributed by atoms with van der Waals surface area (Å²) in [4.78, 5) is 43.6. The Balaban J connectivity index is 1.65. The van der Waals surface area contributed by atoms with Gasteiger partial charge in [-0.25, -0.2) is 0 Å². The monoisotopic (exact) mass is 482 g/mol. The number of benzene rings is 3. The molecule has 0 bridgehead atoms. The van der Waals surface area contributed by atoms with Crippen molar-refractivity contribution in [1.29, 1.82) is 0 Å². The van der Waals surface area contributed by atoms with E-state index in [4.69, 9.17) is 11.6 Å². The van der Waals surface area contributed by atoms with Crippen LogP contribution in [0.15, 0.2) is 72.8 Å². The lowest BCUT2D eigenvalue weighted by molar-refractivity contribution is -0.122. The molecule has 1 fully saturated rings. The predicted octanol–water partition coefficient (Wildman–Crippen LogP) is 5.21. The highest BCUT2D eigenvalue weighted by Gasteiger charge is 2.69. The second-order valence-electron chi connectivity index (χ2n) is 9.55. The smallest absolute Gasteiger partial charge is 0.238 e. The summed E-state index contributed by atoms with van der Waals surface area (Å²) in [6.07, 6.45) is 3.88. The Morgan fingerprint density at radius 1 is 1.03 bits per heavy atom. The summed E-state index contributed by atoms with van der Waals surface area (Å²) in [6.45, 7) is 3.46. The molecular formula is C29H23ClN2O3. The molecule has 0 aliphatic carbocycles. The summed E-state index contributed by atoms with van der Waals surface area (Å²) in [5.74, 6) is -1.55. The zero-order chi connectivity index (χ0) is 24.5. The van der Waals surface area contributed by atoms with Crippen molar-refractivity contribution in [3.05, 3.63) is 100 Å². The van der Waals surface area contributed by atoms with Crippen molar-refractivity contribution in [2.75, 3.05) is 10.2 Å². The lowest BCUT2D eigenvalue weighted by atomic mass is 9.64. The van der Waals surface area contributed by atoms with Crippen LogP contribution in [0, 0.1) is 12.8 Å². The predicted molar refractivity (Wildman–Crippen MR) is 137 cm³/mol. The van der Waals surface area contributed by atoms with Crippen LogP contribution in [0.4, 0.5) is 11.4 Å². The third kappa shape index (κ3) is 2.91. The van der Waals surface area contributed by atoms with Gasteiger partial charge in [0, 0.05) is 22.0 Å². The fourth-order valence-electron chi connectivity index (χ4n) is 6.20. The molecular weight excluding hydrogens is 460 g/mol. The van der Waals surface area contributed by atoms with Crippen molar-refractivity contribution in [1.82, 2.24) is 0 Å². The summed E-state index contributed by atoms with van der Waals surface area (Å²) in [7, 11) is 0. The van der Waals surface area contributed by atoms with Crippen molar-refractivity contribution in [2.45, 2.75) is 31.3 Å². The summed E-state index contributed by atoms with van der Waals surface area (Å²) >= 11 is 6.26. The van der Waals surface area contributed by atoms with E-state index < -0.39 is 23.4 Å². The first-order valence-corrected chi connectivity index (χ1v) is 12.0. The van der Waals surface area contributed by atoms with Gasteiger partial charge in [-0.05, 0) is 49.2 Å². The van der Waals surface area contributed by atoms with E-state index in [1.165, 1.54) is 6.92 Å². The molecule has 3 aromatic rings. The van der Waals surface area contributed by atoms with E-state index in [1.54, 1.807) is 18.2 Å². The number of nitrogens with one attached hydrogen (secondary N) is 1. The fourth-order valence-corrected chi connectivity index (χ4v) is 6.38. The van der Waals surface area contributed by atoms with Gasteiger partial charge < -0.3 is 10.2 Å². The number of para-hydroxylation sites is 1. The molecule has 3 aromatic carbocycles. The van der Waals surface area contributed by atoms with Gasteiger partial charge in [-0.2, -0.15) is 0 Å². The first kappa shape index (κ1) is 21.8. The third-order valence-corrected chi connectivity index (χ3v) is 7.86. The maximum absolute atomic E-state index is 14.3. The average Bonchev–Trinajstić information content (AvgIpc) is 3.32. The Labute approximate surface area is 208 Å². The topological polar surface area (TPSA) is 66.5 Å². The number of ketones is 2. The summed E-state index contributed by atoms with van der Waals surface area (Å²) in [6, 6.07) is 18.9. The second kappa shape index (κ2) is 7.65. The molecule has 5 nitrogen and oxygen atoms in total. The molecule has 6 heteroatoms. The first-order chi connectivity index (χ1) is 16.8. The number of amides is 1. The van der Waals surface area contributed by atoms with Gasteiger partial charge in [-0.15, -0.1) is 0 Å². The number of fused-ring (bicyclic) bond motifs is 6. The van der Waals surface area contributed by atoms with Gasteiger partial charge >= 0.3 is 0 Å². The summed E-state index contributed by atoms with van der Waals surface area (Å²) in [5, 5.41) is 3.60. The molecule has 1 saturated heterocycles.